The van der Waals surface area contributed by atoms with Crippen LogP contribution in [-0.4, -0.2) is 22.6 Å². The lowest BCUT2D eigenvalue weighted by molar-refractivity contribution is 0.785. The highest BCUT2D eigenvalue weighted by molar-refractivity contribution is 9.10. The normalized spacial score (nSPS) is 26.3. The molecule has 1 aromatic carbocycles. The molecule has 2 heterocycles. The Bertz CT molecular complexity index is 598. The van der Waals surface area contributed by atoms with Gasteiger partial charge in [0.2, 0.25) is 5.95 Å². The van der Waals surface area contributed by atoms with Gasteiger partial charge in [0.1, 0.15) is 0 Å². The third kappa shape index (κ3) is 1.54. The molecule has 3 nitrogen and oxygen atoms in total. The molecule has 2 aromatic rings. The molecule has 4 heteroatoms. The van der Waals surface area contributed by atoms with Crippen molar-refractivity contribution < 1.29 is 0 Å². The van der Waals surface area contributed by atoms with Crippen molar-refractivity contribution in [3.8, 4) is 0 Å². The van der Waals surface area contributed by atoms with Crippen LogP contribution in [0.5, 0.6) is 0 Å². The molecule has 4 rings (SSSR count). The van der Waals surface area contributed by atoms with Crippen LogP contribution in [0.4, 0.5) is 5.95 Å². The van der Waals surface area contributed by atoms with Crippen LogP contribution in [0.3, 0.4) is 0 Å². The molecule has 2 aliphatic rings. The first kappa shape index (κ1) is 9.83. The van der Waals surface area contributed by atoms with Crippen molar-refractivity contribution in [2.75, 3.05) is 11.4 Å². The van der Waals surface area contributed by atoms with E-state index >= 15 is 0 Å². The van der Waals surface area contributed by atoms with E-state index < -0.39 is 0 Å². The predicted molar refractivity (Wildman–Crippen MR) is 71.1 cm³/mol. The zero-order valence-electron chi connectivity index (χ0n) is 9.31. The van der Waals surface area contributed by atoms with E-state index in [1.165, 1.54) is 12.8 Å². The van der Waals surface area contributed by atoms with E-state index in [0.717, 1.165) is 39.8 Å². The molecule has 1 aliphatic heterocycles. The SMILES string of the molecule is Brc1ccc2nc(N3CCC4CC43)ncc2c1. The largest absolute Gasteiger partial charge is 0.338 e. The summed E-state index contributed by atoms with van der Waals surface area (Å²) in [7, 11) is 0. The highest BCUT2D eigenvalue weighted by atomic mass is 79.9. The van der Waals surface area contributed by atoms with Gasteiger partial charge in [0.15, 0.2) is 0 Å². The van der Waals surface area contributed by atoms with E-state index in [4.69, 9.17) is 0 Å². The zero-order valence-corrected chi connectivity index (χ0v) is 10.9. The summed E-state index contributed by atoms with van der Waals surface area (Å²) in [5.74, 6) is 1.82. The van der Waals surface area contributed by atoms with Gasteiger partial charge in [-0.05, 0) is 37.0 Å². The predicted octanol–water partition coefficient (Wildman–Crippen LogP) is 2.99. The van der Waals surface area contributed by atoms with E-state index in [0.29, 0.717) is 0 Å². The van der Waals surface area contributed by atoms with Crippen LogP contribution >= 0.6 is 15.9 Å². The van der Waals surface area contributed by atoms with Crippen LogP contribution in [0.15, 0.2) is 28.9 Å². The Labute approximate surface area is 108 Å². The Hall–Kier alpha value is -1.16. The first-order valence-electron chi connectivity index (χ1n) is 6.00. The molecule has 0 radical (unpaired) electrons. The van der Waals surface area contributed by atoms with E-state index in [1.54, 1.807) is 0 Å². The molecule has 0 amide bonds. The van der Waals surface area contributed by atoms with Gasteiger partial charge in [0.25, 0.3) is 0 Å². The van der Waals surface area contributed by atoms with Crippen LogP contribution in [0.1, 0.15) is 12.8 Å². The molecular weight excluding hydrogens is 278 g/mol. The molecule has 17 heavy (non-hydrogen) atoms. The quantitative estimate of drug-likeness (QED) is 0.808. The average Bonchev–Trinajstić information content (AvgIpc) is 3.00. The van der Waals surface area contributed by atoms with E-state index in [-0.39, 0.29) is 0 Å². The molecule has 0 N–H and O–H groups in total. The molecule has 0 spiro atoms. The number of piperidine rings is 1. The van der Waals surface area contributed by atoms with Gasteiger partial charge in [0, 0.05) is 28.6 Å². The average molecular weight is 290 g/mol. The fourth-order valence-electron chi connectivity index (χ4n) is 2.78. The second-order valence-electron chi connectivity index (χ2n) is 4.92. The minimum Gasteiger partial charge on any atom is -0.338 e. The molecule has 2 unspecified atom stereocenters. The van der Waals surface area contributed by atoms with Gasteiger partial charge in [0.05, 0.1) is 5.52 Å². The van der Waals surface area contributed by atoms with Crippen molar-refractivity contribution in [1.82, 2.24) is 9.97 Å². The van der Waals surface area contributed by atoms with Crippen LogP contribution in [-0.2, 0) is 0 Å². The third-order valence-corrected chi connectivity index (χ3v) is 4.31. The van der Waals surface area contributed by atoms with E-state index in [1.807, 2.05) is 18.3 Å². The van der Waals surface area contributed by atoms with Crippen molar-refractivity contribution in [2.45, 2.75) is 18.9 Å². The lowest BCUT2D eigenvalue weighted by Crippen LogP contribution is -2.24. The van der Waals surface area contributed by atoms with E-state index in [2.05, 4.69) is 36.9 Å². The number of aromatic nitrogens is 2. The number of hydrogen-bond acceptors (Lipinski definition) is 3. The second-order valence-corrected chi connectivity index (χ2v) is 5.83. The van der Waals surface area contributed by atoms with Gasteiger partial charge >= 0.3 is 0 Å². The Kier molecular flexibility index (Phi) is 1.98. The molecule has 2 atom stereocenters. The summed E-state index contributed by atoms with van der Waals surface area (Å²) < 4.78 is 1.07. The molecule has 2 fully saturated rings. The Morgan fingerprint density at radius 3 is 3.06 bits per heavy atom. The van der Waals surface area contributed by atoms with Crippen LogP contribution in [0.25, 0.3) is 10.9 Å². The summed E-state index contributed by atoms with van der Waals surface area (Å²) in [6.45, 7) is 1.12. The van der Waals surface area contributed by atoms with Crippen molar-refractivity contribution in [3.05, 3.63) is 28.9 Å². The van der Waals surface area contributed by atoms with Crippen molar-refractivity contribution >= 4 is 32.8 Å². The Morgan fingerprint density at radius 2 is 2.29 bits per heavy atom. The monoisotopic (exact) mass is 289 g/mol. The van der Waals surface area contributed by atoms with Crippen molar-refractivity contribution in [3.63, 3.8) is 0 Å². The first-order valence-corrected chi connectivity index (χ1v) is 6.79. The lowest BCUT2D eigenvalue weighted by Gasteiger charge is -2.17. The minimum absolute atomic E-state index is 0.725. The number of fused-ring (bicyclic) bond motifs is 2. The number of anilines is 1. The standard InChI is InChI=1S/C13H12BrN3/c14-10-1-2-11-9(5-10)7-15-13(16-11)17-4-3-8-6-12(8)17/h1-2,5,7-8,12H,3-4,6H2. The fraction of sp³-hybridized carbons (Fsp3) is 0.385. The van der Waals surface area contributed by atoms with Crippen LogP contribution in [0, 0.1) is 5.92 Å². The van der Waals surface area contributed by atoms with Crippen LogP contribution < -0.4 is 4.90 Å². The summed E-state index contributed by atoms with van der Waals surface area (Å²) in [6.07, 6.45) is 4.58. The lowest BCUT2D eigenvalue weighted by atomic mass is 10.2. The molecular formula is C13H12BrN3. The smallest absolute Gasteiger partial charge is 0.226 e. The summed E-state index contributed by atoms with van der Waals surface area (Å²) >= 11 is 3.47. The number of benzene rings is 1. The summed E-state index contributed by atoms with van der Waals surface area (Å²) in [6, 6.07) is 6.86. The highest BCUT2D eigenvalue weighted by Crippen LogP contribution is 2.45. The Balaban J connectivity index is 1.79. The fourth-order valence-corrected chi connectivity index (χ4v) is 3.15. The summed E-state index contributed by atoms with van der Waals surface area (Å²) in [5, 5.41) is 1.09. The van der Waals surface area contributed by atoms with Crippen LogP contribution in [0.2, 0.25) is 0 Å². The van der Waals surface area contributed by atoms with E-state index in [9.17, 15) is 0 Å². The second kappa shape index (κ2) is 3.42. The van der Waals surface area contributed by atoms with Gasteiger partial charge in [-0.25, -0.2) is 9.97 Å². The van der Waals surface area contributed by atoms with Gasteiger partial charge in [-0.15, -0.1) is 0 Å². The van der Waals surface area contributed by atoms with Crippen molar-refractivity contribution in [1.29, 1.82) is 0 Å². The summed E-state index contributed by atoms with van der Waals surface area (Å²) in [5.41, 5.74) is 1.03. The molecule has 1 saturated carbocycles. The van der Waals surface area contributed by atoms with Gasteiger partial charge in [-0.2, -0.15) is 0 Å². The molecule has 1 aromatic heterocycles. The Morgan fingerprint density at radius 1 is 1.35 bits per heavy atom. The molecule has 86 valence electrons. The highest BCUT2D eigenvalue weighted by Gasteiger charge is 2.47. The molecule has 0 bridgehead atoms. The minimum atomic E-state index is 0.725. The number of nitrogens with zero attached hydrogens (tertiary/aromatic N) is 3. The third-order valence-electron chi connectivity index (χ3n) is 3.81. The zero-order chi connectivity index (χ0) is 11.4. The van der Waals surface area contributed by atoms with Gasteiger partial charge in [-0.1, -0.05) is 15.9 Å². The maximum atomic E-state index is 4.67. The maximum absolute atomic E-state index is 4.67. The topological polar surface area (TPSA) is 29.0 Å². The molecule has 1 aliphatic carbocycles. The van der Waals surface area contributed by atoms with Gasteiger partial charge in [-0.3, -0.25) is 0 Å². The number of hydrogen-bond donors (Lipinski definition) is 0. The summed E-state index contributed by atoms with van der Waals surface area (Å²) in [4.78, 5) is 11.5. The van der Waals surface area contributed by atoms with Gasteiger partial charge < -0.3 is 4.90 Å². The number of halogens is 1. The first-order chi connectivity index (χ1) is 8.31. The molecule has 1 saturated heterocycles. The maximum Gasteiger partial charge on any atom is 0.226 e. The van der Waals surface area contributed by atoms with Crippen molar-refractivity contribution in [2.24, 2.45) is 5.92 Å². The number of rotatable bonds is 1.